The van der Waals surface area contributed by atoms with Crippen LogP contribution in [0.2, 0.25) is 5.02 Å². The number of nitrogens with zero attached hydrogens (tertiary/aromatic N) is 4. The van der Waals surface area contributed by atoms with Gasteiger partial charge in [-0.2, -0.15) is 4.98 Å². The molecule has 1 aromatic heterocycles. The molecule has 0 radical (unpaired) electrons. The lowest BCUT2D eigenvalue weighted by Gasteiger charge is -2.37. The number of amides is 1. The van der Waals surface area contributed by atoms with Crippen LogP contribution in [0.3, 0.4) is 0 Å². The van der Waals surface area contributed by atoms with E-state index in [4.69, 9.17) is 16.1 Å². The van der Waals surface area contributed by atoms with E-state index in [-0.39, 0.29) is 5.92 Å². The molecule has 0 bridgehead atoms. The molecule has 1 atom stereocenters. The van der Waals surface area contributed by atoms with Crippen LogP contribution in [-0.4, -0.2) is 52.0 Å². The van der Waals surface area contributed by atoms with Crippen LogP contribution in [-0.2, 0) is 11.3 Å². The summed E-state index contributed by atoms with van der Waals surface area (Å²) in [5.41, 5.74) is 0.880. The number of likely N-dealkylation sites (tertiary alicyclic amines) is 2. The number of carbonyl (C=O) groups is 1. The number of halogens is 1. The van der Waals surface area contributed by atoms with Crippen molar-refractivity contribution in [1.29, 1.82) is 0 Å². The normalized spacial score (nSPS) is 21.8. The van der Waals surface area contributed by atoms with Crippen molar-refractivity contribution in [3.05, 3.63) is 35.2 Å². The highest BCUT2D eigenvalue weighted by Crippen LogP contribution is 2.24. The monoisotopic (exact) mass is 402 g/mol. The Hall–Kier alpha value is -1.92. The average Bonchev–Trinajstić information content (AvgIpc) is 3.17. The van der Waals surface area contributed by atoms with Gasteiger partial charge in [-0.25, -0.2) is 0 Å². The van der Waals surface area contributed by atoms with Crippen LogP contribution < -0.4 is 0 Å². The molecule has 7 heteroatoms. The molecule has 150 valence electrons. The van der Waals surface area contributed by atoms with Crippen molar-refractivity contribution in [2.45, 2.75) is 39.2 Å². The Bertz CT molecular complexity index is 799. The number of aromatic nitrogens is 2. The molecule has 2 fully saturated rings. The second-order valence-electron chi connectivity index (χ2n) is 8.10. The van der Waals surface area contributed by atoms with Gasteiger partial charge in [-0.05, 0) is 62.4 Å². The second kappa shape index (κ2) is 8.62. The molecule has 6 nitrogen and oxygen atoms in total. The average molecular weight is 403 g/mol. The van der Waals surface area contributed by atoms with Crippen LogP contribution in [0.4, 0.5) is 0 Å². The van der Waals surface area contributed by atoms with E-state index in [0.29, 0.717) is 29.2 Å². The lowest BCUT2D eigenvalue weighted by molar-refractivity contribution is -0.138. The Morgan fingerprint density at radius 3 is 2.68 bits per heavy atom. The molecule has 0 N–H and O–H groups in total. The van der Waals surface area contributed by atoms with Crippen molar-refractivity contribution in [2.75, 3.05) is 26.2 Å². The first-order chi connectivity index (χ1) is 13.6. The van der Waals surface area contributed by atoms with Crippen LogP contribution in [0.1, 0.15) is 38.5 Å². The van der Waals surface area contributed by atoms with Gasteiger partial charge >= 0.3 is 0 Å². The van der Waals surface area contributed by atoms with Crippen LogP contribution in [0.25, 0.3) is 11.4 Å². The fraction of sp³-hybridized carbons (Fsp3) is 0.571. The van der Waals surface area contributed by atoms with Gasteiger partial charge in [0, 0.05) is 30.2 Å². The summed E-state index contributed by atoms with van der Waals surface area (Å²) in [6.07, 6.45) is 4.25. The van der Waals surface area contributed by atoms with Crippen LogP contribution >= 0.6 is 11.6 Å². The summed E-state index contributed by atoms with van der Waals surface area (Å²) in [7, 11) is 0. The minimum absolute atomic E-state index is 0.0841. The van der Waals surface area contributed by atoms with Crippen LogP contribution in [0.5, 0.6) is 0 Å². The smallest absolute Gasteiger partial charge is 0.241 e. The van der Waals surface area contributed by atoms with Crippen LogP contribution in [0.15, 0.2) is 28.8 Å². The summed E-state index contributed by atoms with van der Waals surface area (Å²) in [6.45, 7) is 6.40. The number of rotatable bonds is 4. The molecule has 2 saturated heterocycles. The number of carbonyl (C=O) groups excluding carboxylic acids is 1. The molecular weight excluding hydrogens is 376 g/mol. The first kappa shape index (κ1) is 19.4. The fourth-order valence-electron chi connectivity index (χ4n) is 4.11. The highest BCUT2D eigenvalue weighted by molar-refractivity contribution is 6.30. The Labute approximate surface area is 170 Å². The Morgan fingerprint density at radius 1 is 1.18 bits per heavy atom. The van der Waals surface area contributed by atoms with Gasteiger partial charge in [-0.3, -0.25) is 9.69 Å². The summed E-state index contributed by atoms with van der Waals surface area (Å²) in [5, 5.41) is 4.77. The van der Waals surface area contributed by atoms with Gasteiger partial charge in [0.2, 0.25) is 17.6 Å². The van der Waals surface area contributed by atoms with Gasteiger partial charge in [-0.15, -0.1) is 0 Å². The summed E-state index contributed by atoms with van der Waals surface area (Å²) in [6, 6.07) is 7.39. The zero-order chi connectivity index (χ0) is 19.5. The minimum atomic E-state index is 0.0841. The van der Waals surface area contributed by atoms with Gasteiger partial charge in [0.15, 0.2) is 0 Å². The molecule has 28 heavy (non-hydrogen) atoms. The van der Waals surface area contributed by atoms with E-state index >= 15 is 0 Å². The van der Waals surface area contributed by atoms with Gasteiger partial charge in [-0.1, -0.05) is 23.7 Å². The molecule has 3 heterocycles. The van der Waals surface area contributed by atoms with Gasteiger partial charge in [0.1, 0.15) is 0 Å². The second-order valence-corrected chi connectivity index (χ2v) is 8.54. The van der Waals surface area contributed by atoms with Crippen molar-refractivity contribution in [1.82, 2.24) is 19.9 Å². The minimum Gasteiger partial charge on any atom is -0.342 e. The number of hydrogen-bond acceptors (Lipinski definition) is 5. The third kappa shape index (κ3) is 4.55. The highest BCUT2D eigenvalue weighted by atomic mass is 35.5. The molecule has 2 aliphatic heterocycles. The number of piperidine rings is 2. The summed E-state index contributed by atoms with van der Waals surface area (Å²) in [4.78, 5) is 21.8. The quantitative estimate of drug-likeness (QED) is 0.777. The topological polar surface area (TPSA) is 62.5 Å². The van der Waals surface area contributed by atoms with Crippen molar-refractivity contribution in [3.63, 3.8) is 0 Å². The van der Waals surface area contributed by atoms with E-state index in [1.54, 1.807) is 0 Å². The Balaban J connectivity index is 1.35. The maximum atomic E-state index is 12.9. The van der Waals surface area contributed by atoms with E-state index < -0.39 is 0 Å². The zero-order valence-electron chi connectivity index (χ0n) is 16.3. The predicted octanol–water partition coefficient (Wildman–Crippen LogP) is 3.86. The van der Waals surface area contributed by atoms with E-state index in [1.807, 2.05) is 24.3 Å². The molecule has 2 aliphatic rings. The Morgan fingerprint density at radius 2 is 1.93 bits per heavy atom. The molecule has 0 aliphatic carbocycles. The molecule has 0 spiro atoms. The zero-order valence-corrected chi connectivity index (χ0v) is 17.1. The lowest BCUT2D eigenvalue weighted by atomic mass is 9.93. The molecule has 0 saturated carbocycles. The van der Waals surface area contributed by atoms with Gasteiger partial charge in [0.25, 0.3) is 0 Å². The summed E-state index contributed by atoms with van der Waals surface area (Å²) in [5.74, 6) is 2.30. The standard InChI is InChI=1S/C21H27ClN4O2/c1-15-8-11-26(12-9-15)21(27)17-3-2-10-25(13-17)14-19-23-20(24-28-19)16-4-6-18(22)7-5-16/h4-7,15,17H,2-3,8-14H2,1H3. The molecule has 1 aromatic carbocycles. The first-order valence-electron chi connectivity index (χ1n) is 10.2. The van der Waals surface area contributed by atoms with E-state index in [1.165, 1.54) is 0 Å². The van der Waals surface area contributed by atoms with Gasteiger partial charge < -0.3 is 9.42 Å². The molecule has 1 amide bonds. The van der Waals surface area contributed by atoms with Crippen molar-refractivity contribution >= 4 is 17.5 Å². The van der Waals surface area contributed by atoms with Crippen molar-refractivity contribution < 1.29 is 9.32 Å². The largest absolute Gasteiger partial charge is 0.342 e. The number of benzene rings is 1. The number of hydrogen-bond donors (Lipinski definition) is 0. The molecule has 4 rings (SSSR count). The van der Waals surface area contributed by atoms with Crippen molar-refractivity contribution in [3.8, 4) is 11.4 Å². The van der Waals surface area contributed by atoms with Crippen LogP contribution in [0, 0.1) is 11.8 Å². The van der Waals surface area contributed by atoms with E-state index in [9.17, 15) is 4.79 Å². The molecular formula is C21H27ClN4O2. The van der Waals surface area contributed by atoms with Gasteiger partial charge in [0.05, 0.1) is 12.5 Å². The first-order valence-corrected chi connectivity index (χ1v) is 10.6. The van der Waals surface area contributed by atoms with E-state index in [0.717, 1.165) is 63.3 Å². The SMILES string of the molecule is CC1CCN(C(=O)C2CCCN(Cc3nc(-c4ccc(Cl)cc4)no3)C2)CC1. The molecule has 2 aromatic rings. The lowest BCUT2D eigenvalue weighted by Crippen LogP contribution is -2.46. The Kier molecular flexibility index (Phi) is 5.97. The highest BCUT2D eigenvalue weighted by Gasteiger charge is 2.31. The molecule has 1 unspecified atom stereocenters. The third-order valence-electron chi connectivity index (χ3n) is 5.88. The predicted molar refractivity (Wildman–Crippen MR) is 108 cm³/mol. The maximum absolute atomic E-state index is 12.9. The van der Waals surface area contributed by atoms with Crippen molar-refractivity contribution in [2.24, 2.45) is 11.8 Å². The summed E-state index contributed by atoms with van der Waals surface area (Å²) >= 11 is 5.93. The summed E-state index contributed by atoms with van der Waals surface area (Å²) < 4.78 is 5.44. The maximum Gasteiger partial charge on any atom is 0.241 e. The fourth-order valence-corrected chi connectivity index (χ4v) is 4.24. The third-order valence-corrected chi connectivity index (χ3v) is 6.13. The van der Waals surface area contributed by atoms with E-state index in [2.05, 4.69) is 26.9 Å².